The van der Waals surface area contributed by atoms with Crippen molar-refractivity contribution in [2.45, 2.75) is 28.4 Å². The smallest absolute Gasteiger partial charge is 0.258 e. The van der Waals surface area contributed by atoms with Gasteiger partial charge >= 0.3 is 0 Å². The van der Waals surface area contributed by atoms with Gasteiger partial charge in [0.1, 0.15) is 0 Å². The molecule has 2 aromatic carbocycles. The Morgan fingerprint density at radius 2 is 1.43 bits per heavy atom. The molecule has 0 saturated heterocycles. The molecule has 148 valence electrons. The van der Waals surface area contributed by atoms with Crippen molar-refractivity contribution in [3.8, 4) is 11.5 Å². The van der Waals surface area contributed by atoms with Gasteiger partial charge in [0.25, 0.3) is 5.09 Å². The summed E-state index contributed by atoms with van der Waals surface area (Å²) in [5, 5.41) is -0.509. The highest BCUT2D eigenvalue weighted by atomic mass is 35.5. The van der Waals surface area contributed by atoms with Crippen LogP contribution in [0.1, 0.15) is 13.3 Å². The lowest BCUT2D eigenvalue weighted by Gasteiger charge is -2.04. The number of aromatic nitrogens is 1. The number of hydrogen-bond acceptors (Lipinski definition) is 6. The third kappa shape index (κ3) is 4.10. The van der Waals surface area contributed by atoms with E-state index in [1.807, 2.05) is 0 Å². The minimum absolute atomic E-state index is 0.126. The standard InChI is InChI=1S/C18H15Cl2NO5S2/c1-2-11-27(22,23)18-17(28(24,25)15-9-7-14(20)8-10-15)21-16(26-18)12-3-5-13(19)6-4-12/h3-10H,2,11H2,1H3. The third-order valence-electron chi connectivity index (χ3n) is 3.79. The molecule has 3 rings (SSSR count). The Bertz CT molecular complexity index is 1200. The molecule has 10 heteroatoms. The van der Waals surface area contributed by atoms with Crippen LogP contribution in [0.25, 0.3) is 11.5 Å². The molecule has 0 fully saturated rings. The minimum Gasteiger partial charge on any atom is -0.423 e. The quantitative estimate of drug-likeness (QED) is 0.531. The molecule has 0 aliphatic heterocycles. The van der Waals surface area contributed by atoms with Crippen molar-refractivity contribution in [2.24, 2.45) is 0 Å². The lowest BCUT2D eigenvalue weighted by molar-refractivity contribution is 0.444. The number of rotatable bonds is 6. The summed E-state index contributed by atoms with van der Waals surface area (Å²) in [5.41, 5.74) is 0.398. The van der Waals surface area contributed by atoms with E-state index in [-0.39, 0.29) is 16.5 Å². The number of sulfone groups is 2. The summed E-state index contributed by atoms with van der Waals surface area (Å²) < 4.78 is 56.9. The van der Waals surface area contributed by atoms with Crippen LogP contribution in [0.2, 0.25) is 10.0 Å². The monoisotopic (exact) mass is 459 g/mol. The summed E-state index contributed by atoms with van der Waals surface area (Å²) in [6, 6.07) is 11.6. The Morgan fingerprint density at radius 1 is 0.893 bits per heavy atom. The number of benzene rings is 2. The number of hydrogen-bond donors (Lipinski definition) is 0. The average molecular weight is 460 g/mol. The predicted octanol–water partition coefficient (Wildman–Crippen LogP) is 4.66. The van der Waals surface area contributed by atoms with Crippen LogP contribution in [-0.4, -0.2) is 27.6 Å². The first-order valence-corrected chi connectivity index (χ1v) is 12.0. The fourth-order valence-corrected chi connectivity index (χ4v) is 5.85. The Morgan fingerprint density at radius 3 is 1.96 bits per heavy atom. The van der Waals surface area contributed by atoms with Gasteiger partial charge in [-0.3, -0.25) is 0 Å². The van der Waals surface area contributed by atoms with Gasteiger partial charge in [0.05, 0.1) is 10.6 Å². The molecule has 0 aliphatic carbocycles. The highest BCUT2D eigenvalue weighted by molar-refractivity contribution is 7.94. The van der Waals surface area contributed by atoms with Gasteiger partial charge in [0, 0.05) is 15.6 Å². The van der Waals surface area contributed by atoms with Gasteiger partial charge in [-0.25, -0.2) is 16.8 Å². The van der Waals surface area contributed by atoms with E-state index >= 15 is 0 Å². The van der Waals surface area contributed by atoms with Gasteiger partial charge in [-0.2, -0.15) is 4.98 Å². The second-order valence-corrected chi connectivity index (χ2v) is 10.6. The van der Waals surface area contributed by atoms with E-state index in [1.54, 1.807) is 31.2 Å². The van der Waals surface area contributed by atoms with Gasteiger partial charge in [-0.15, -0.1) is 0 Å². The summed E-state index contributed by atoms with van der Waals surface area (Å²) in [4.78, 5) is 3.88. The topological polar surface area (TPSA) is 94.3 Å². The fraction of sp³-hybridized carbons (Fsp3) is 0.167. The third-order valence-corrected chi connectivity index (χ3v) is 7.89. The lowest BCUT2D eigenvalue weighted by Crippen LogP contribution is -2.11. The minimum atomic E-state index is -4.25. The molecule has 6 nitrogen and oxygen atoms in total. The van der Waals surface area contributed by atoms with Crippen molar-refractivity contribution in [3.63, 3.8) is 0 Å². The summed E-state index contributed by atoms with van der Waals surface area (Å²) in [7, 11) is -8.25. The van der Waals surface area contributed by atoms with E-state index in [2.05, 4.69) is 4.98 Å². The average Bonchev–Trinajstić information content (AvgIpc) is 3.10. The molecular weight excluding hydrogens is 445 g/mol. The van der Waals surface area contributed by atoms with Gasteiger partial charge in [-0.05, 0) is 55.0 Å². The molecule has 0 N–H and O–H groups in total. The number of oxazole rings is 1. The molecule has 0 spiro atoms. The molecule has 0 bridgehead atoms. The van der Waals surface area contributed by atoms with Crippen LogP contribution in [-0.2, 0) is 19.7 Å². The van der Waals surface area contributed by atoms with Crippen molar-refractivity contribution in [2.75, 3.05) is 5.75 Å². The molecule has 0 radical (unpaired) electrons. The van der Waals surface area contributed by atoms with Crippen molar-refractivity contribution < 1.29 is 21.3 Å². The number of halogens is 2. The van der Waals surface area contributed by atoms with Crippen LogP contribution >= 0.6 is 23.2 Å². The molecule has 0 unspecified atom stereocenters. The van der Waals surface area contributed by atoms with E-state index in [4.69, 9.17) is 27.6 Å². The van der Waals surface area contributed by atoms with E-state index in [9.17, 15) is 16.8 Å². The molecule has 1 heterocycles. The maximum atomic E-state index is 13.1. The molecule has 1 aromatic heterocycles. The molecule has 0 aliphatic rings. The van der Waals surface area contributed by atoms with Gasteiger partial charge in [0.2, 0.25) is 30.6 Å². The van der Waals surface area contributed by atoms with E-state index in [0.29, 0.717) is 22.0 Å². The van der Waals surface area contributed by atoms with Crippen LogP contribution in [0.3, 0.4) is 0 Å². The SMILES string of the molecule is CCCS(=O)(=O)c1oc(-c2ccc(Cl)cc2)nc1S(=O)(=O)c1ccc(Cl)cc1. The van der Waals surface area contributed by atoms with Crippen LogP contribution in [0, 0.1) is 0 Å². The summed E-state index contributed by atoms with van der Waals surface area (Å²) in [6.07, 6.45) is 0.291. The first-order valence-electron chi connectivity index (χ1n) is 8.15. The van der Waals surface area contributed by atoms with Crippen LogP contribution in [0.5, 0.6) is 0 Å². The zero-order valence-electron chi connectivity index (χ0n) is 14.6. The molecule has 0 amide bonds. The maximum absolute atomic E-state index is 13.1. The van der Waals surface area contributed by atoms with E-state index in [1.165, 1.54) is 24.3 Å². The molecule has 0 saturated carbocycles. The van der Waals surface area contributed by atoms with Gasteiger partial charge in [-0.1, -0.05) is 30.1 Å². The number of nitrogens with zero attached hydrogens (tertiary/aromatic N) is 1. The van der Waals surface area contributed by atoms with Gasteiger partial charge in [0.15, 0.2) is 0 Å². The van der Waals surface area contributed by atoms with Crippen LogP contribution in [0.4, 0.5) is 0 Å². The summed E-state index contributed by atoms with van der Waals surface area (Å²) in [5.74, 6) is -0.398. The van der Waals surface area contributed by atoms with Gasteiger partial charge < -0.3 is 4.42 Å². The van der Waals surface area contributed by atoms with Crippen molar-refractivity contribution in [1.29, 1.82) is 0 Å². The molecule has 0 atom stereocenters. The zero-order chi connectivity index (χ0) is 20.5. The van der Waals surface area contributed by atoms with E-state index < -0.39 is 29.8 Å². The predicted molar refractivity (Wildman–Crippen MR) is 106 cm³/mol. The summed E-state index contributed by atoms with van der Waals surface area (Å²) >= 11 is 11.7. The first kappa shape index (κ1) is 20.9. The van der Waals surface area contributed by atoms with Crippen LogP contribution < -0.4 is 0 Å². The summed E-state index contributed by atoms with van der Waals surface area (Å²) in [6.45, 7) is 1.67. The Hall–Kier alpha value is -1.87. The highest BCUT2D eigenvalue weighted by Gasteiger charge is 2.34. The second-order valence-electron chi connectivity index (χ2n) is 5.89. The molecular formula is C18H15Cl2NO5S2. The van der Waals surface area contributed by atoms with Crippen molar-refractivity contribution >= 4 is 42.9 Å². The maximum Gasteiger partial charge on any atom is 0.258 e. The first-order chi connectivity index (χ1) is 13.1. The normalized spacial score (nSPS) is 12.2. The Labute approximate surface area is 173 Å². The highest BCUT2D eigenvalue weighted by Crippen LogP contribution is 2.33. The van der Waals surface area contributed by atoms with E-state index in [0.717, 1.165) is 0 Å². The van der Waals surface area contributed by atoms with Crippen molar-refractivity contribution in [1.82, 2.24) is 4.98 Å². The Balaban J connectivity index is 2.23. The zero-order valence-corrected chi connectivity index (χ0v) is 17.7. The fourth-order valence-electron chi connectivity index (χ4n) is 2.46. The Kier molecular flexibility index (Phi) is 5.86. The molecule has 3 aromatic rings. The van der Waals surface area contributed by atoms with Crippen LogP contribution in [0.15, 0.2) is 68.0 Å². The largest absolute Gasteiger partial charge is 0.423 e. The second kappa shape index (κ2) is 7.87. The molecule has 28 heavy (non-hydrogen) atoms. The van der Waals surface area contributed by atoms with Crippen molar-refractivity contribution in [3.05, 3.63) is 58.6 Å². The lowest BCUT2D eigenvalue weighted by atomic mass is 10.2.